The molecular formula is C18H17FN2O3S. The van der Waals surface area contributed by atoms with Crippen LogP contribution in [0, 0.1) is 5.82 Å². The first-order valence-electron chi connectivity index (χ1n) is 7.73. The number of nitrogens with zero attached hydrogens (tertiary/aromatic N) is 1. The summed E-state index contributed by atoms with van der Waals surface area (Å²) in [5.41, 5.74) is 4.08. The van der Waals surface area contributed by atoms with Gasteiger partial charge >= 0.3 is 0 Å². The van der Waals surface area contributed by atoms with E-state index in [1.54, 1.807) is 12.1 Å². The van der Waals surface area contributed by atoms with Gasteiger partial charge in [-0.1, -0.05) is 0 Å². The van der Waals surface area contributed by atoms with Gasteiger partial charge in [0.05, 0.1) is 5.71 Å². The SMILES string of the molecule is C/C(=N/NC(=O)CCSc1ccc(F)cc1)c1ccc2c(c1)OCO2. The third-order valence-corrected chi connectivity index (χ3v) is 4.56. The highest BCUT2D eigenvalue weighted by atomic mass is 32.2. The van der Waals surface area contributed by atoms with Gasteiger partial charge in [0.2, 0.25) is 12.7 Å². The van der Waals surface area contributed by atoms with E-state index in [1.807, 2.05) is 25.1 Å². The Labute approximate surface area is 149 Å². The molecule has 7 heteroatoms. The number of benzene rings is 2. The molecule has 0 unspecified atom stereocenters. The number of halogens is 1. The van der Waals surface area contributed by atoms with E-state index in [9.17, 15) is 9.18 Å². The van der Waals surface area contributed by atoms with E-state index in [0.717, 1.165) is 10.5 Å². The van der Waals surface area contributed by atoms with E-state index < -0.39 is 0 Å². The van der Waals surface area contributed by atoms with E-state index >= 15 is 0 Å². The number of fused-ring (bicyclic) bond motifs is 1. The van der Waals surface area contributed by atoms with Crippen LogP contribution in [-0.2, 0) is 4.79 Å². The molecule has 1 aliphatic rings. The lowest BCUT2D eigenvalue weighted by Gasteiger charge is -2.04. The molecule has 0 aromatic heterocycles. The third-order valence-electron chi connectivity index (χ3n) is 3.55. The van der Waals surface area contributed by atoms with Crippen LogP contribution >= 0.6 is 11.8 Å². The molecule has 0 saturated heterocycles. The zero-order valence-electron chi connectivity index (χ0n) is 13.6. The maximum Gasteiger partial charge on any atom is 0.240 e. The minimum absolute atomic E-state index is 0.172. The van der Waals surface area contributed by atoms with E-state index in [4.69, 9.17) is 9.47 Å². The summed E-state index contributed by atoms with van der Waals surface area (Å²) >= 11 is 1.50. The number of carbonyl (C=O) groups excluding carboxylic acids is 1. The normalized spacial score (nSPS) is 13.0. The summed E-state index contributed by atoms with van der Waals surface area (Å²) in [4.78, 5) is 12.8. The Balaban J connectivity index is 1.47. The number of hydrogen-bond acceptors (Lipinski definition) is 5. The van der Waals surface area contributed by atoms with Crippen LogP contribution in [0.3, 0.4) is 0 Å². The Morgan fingerprint density at radius 3 is 2.76 bits per heavy atom. The van der Waals surface area contributed by atoms with Crippen molar-refractivity contribution in [1.82, 2.24) is 5.43 Å². The summed E-state index contributed by atoms with van der Waals surface area (Å²) < 4.78 is 23.4. The minimum Gasteiger partial charge on any atom is -0.454 e. The number of ether oxygens (including phenoxy) is 2. The van der Waals surface area contributed by atoms with Crippen molar-refractivity contribution in [2.24, 2.45) is 5.10 Å². The van der Waals surface area contributed by atoms with Crippen molar-refractivity contribution in [3.8, 4) is 11.5 Å². The van der Waals surface area contributed by atoms with Crippen molar-refractivity contribution < 1.29 is 18.7 Å². The van der Waals surface area contributed by atoms with Crippen LogP contribution in [0.15, 0.2) is 52.5 Å². The van der Waals surface area contributed by atoms with E-state index in [-0.39, 0.29) is 18.5 Å². The number of nitrogens with one attached hydrogen (secondary N) is 1. The fourth-order valence-electron chi connectivity index (χ4n) is 2.18. The number of rotatable bonds is 6. The molecule has 130 valence electrons. The maximum atomic E-state index is 12.8. The molecule has 0 spiro atoms. The van der Waals surface area contributed by atoms with Crippen LogP contribution < -0.4 is 14.9 Å². The molecule has 25 heavy (non-hydrogen) atoms. The summed E-state index contributed by atoms with van der Waals surface area (Å²) in [7, 11) is 0. The molecular weight excluding hydrogens is 343 g/mol. The van der Waals surface area contributed by atoms with Crippen molar-refractivity contribution >= 4 is 23.4 Å². The second-order valence-corrected chi connectivity index (χ2v) is 6.52. The van der Waals surface area contributed by atoms with Gasteiger partial charge in [-0.05, 0) is 49.4 Å². The Hall–Kier alpha value is -2.54. The van der Waals surface area contributed by atoms with Crippen LogP contribution in [0.2, 0.25) is 0 Å². The van der Waals surface area contributed by atoms with Gasteiger partial charge in [0.15, 0.2) is 11.5 Å². The molecule has 3 rings (SSSR count). The molecule has 1 amide bonds. The summed E-state index contributed by atoms with van der Waals surface area (Å²) in [5.74, 6) is 1.54. The lowest BCUT2D eigenvalue weighted by molar-refractivity contribution is -0.120. The molecule has 0 radical (unpaired) electrons. The Bertz CT molecular complexity index is 793. The lowest BCUT2D eigenvalue weighted by atomic mass is 10.1. The highest BCUT2D eigenvalue weighted by molar-refractivity contribution is 7.99. The van der Waals surface area contributed by atoms with Crippen molar-refractivity contribution in [2.45, 2.75) is 18.2 Å². The smallest absolute Gasteiger partial charge is 0.240 e. The van der Waals surface area contributed by atoms with Crippen LogP contribution in [0.4, 0.5) is 4.39 Å². The standard InChI is InChI=1S/C18H17FN2O3S/c1-12(13-2-7-16-17(10-13)24-11-23-16)20-21-18(22)8-9-25-15-5-3-14(19)4-6-15/h2-7,10H,8-9,11H2,1H3,(H,21,22)/b20-12-. The zero-order valence-corrected chi connectivity index (χ0v) is 14.4. The van der Waals surface area contributed by atoms with Gasteiger partial charge in [0, 0.05) is 22.6 Å². The first-order valence-corrected chi connectivity index (χ1v) is 8.72. The summed E-state index contributed by atoms with van der Waals surface area (Å²) in [6.45, 7) is 2.03. The Morgan fingerprint density at radius 2 is 1.96 bits per heavy atom. The monoisotopic (exact) mass is 360 g/mol. The fourth-order valence-corrected chi connectivity index (χ4v) is 3.03. The van der Waals surface area contributed by atoms with Crippen LogP contribution in [-0.4, -0.2) is 24.2 Å². The average molecular weight is 360 g/mol. The molecule has 2 aromatic carbocycles. The van der Waals surface area contributed by atoms with Crippen LogP contribution in [0.1, 0.15) is 18.9 Å². The largest absolute Gasteiger partial charge is 0.454 e. The summed E-state index contributed by atoms with van der Waals surface area (Å²) in [6.07, 6.45) is 0.319. The first-order chi connectivity index (χ1) is 12.1. The highest BCUT2D eigenvalue weighted by Gasteiger charge is 2.14. The molecule has 0 saturated carbocycles. The highest BCUT2D eigenvalue weighted by Crippen LogP contribution is 2.32. The van der Waals surface area contributed by atoms with Crippen molar-refractivity contribution in [3.63, 3.8) is 0 Å². The second-order valence-electron chi connectivity index (χ2n) is 5.35. The summed E-state index contributed by atoms with van der Waals surface area (Å²) in [6, 6.07) is 11.7. The zero-order chi connectivity index (χ0) is 17.6. The predicted molar refractivity (Wildman–Crippen MR) is 94.7 cm³/mol. The summed E-state index contributed by atoms with van der Waals surface area (Å²) in [5, 5.41) is 4.12. The van der Waals surface area contributed by atoms with Gasteiger partial charge in [-0.15, -0.1) is 11.8 Å². The van der Waals surface area contributed by atoms with Crippen LogP contribution in [0.25, 0.3) is 0 Å². The maximum absolute atomic E-state index is 12.8. The first kappa shape index (κ1) is 17.3. The number of hydrazone groups is 1. The molecule has 0 bridgehead atoms. The topological polar surface area (TPSA) is 59.9 Å². The second kappa shape index (κ2) is 8.02. The molecule has 0 fully saturated rings. The fraction of sp³-hybridized carbons (Fsp3) is 0.222. The number of amides is 1. The van der Waals surface area contributed by atoms with Crippen molar-refractivity contribution in [1.29, 1.82) is 0 Å². The quantitative estimate of drug-likeness (QED) is 0.486. The Kier molecular flexibility index (Phi) is 5.55. The molecule has 1 heterocycles. The van der Waals surface area contributed by atoms with Gasteiger partial charge in [-0.25, -0.2) is 9.82 Å². The third kappa shape index (κ3) is 4.73. The van der Waals surface area contributed by atoms with E-state index in [2.05, 4.69) is 10.5 Å². The number of hydrogen-bond donors (Lipinski definition) is 1. The van der Waals surface area contributed by atoms with E-state index in [0.29, 0.717) is 29.4 Å². The molecule has 1 N–H and O–H groups in total. The van der Waals surface area contributed by atoms with Gasteiger partial charge in [0.25, 0.3) is 0 Å². The number of thioether (sulfide) groups is 1. The Morgan fingerprint density at radius 1 is 1.20 bits per heavy atom. The molecule has 1 aliphatic heterocycles. The molecule has 5 nitrogen and oxygen atoms in total. The molecule has 0 atom stereocenters. The average Bonchev–Trinajstić information content (AvgIpc) is 3.09. The predicted octanol–water partition coefficient (Wildman–Crippen LogP) is 3.58. The van der Waals surface area contributed by atoms with Gasteiger partial charge < -0.3 is 9.47 Å². The van der Waals surface area contributed by atoms with Gasteiger partial charge in [-0.3, -0.25) is 4.79 Å². The van der Waals surface area contributed by atoms with Crippen LogP contribution in [0.5, 0.6) is 11.5 Å². The van der Waals surface area contributed by atoms with Crippen molar-refractivity contribution in [3.05, 3.63) is 53.8 Å². The lowest BCUT2D eigenvalue weighted by Crippen LogP contribution is -2.19. The minimum atomic E-state index is -0.268. The van der Waals surface area contributed by atoms with Crippen molar-refractivity contribution in [2.75, 3.05) is 12.5 Å². The number of carbonyl (C=O) groups is 1. The molecule has 2 aromatic rings. The van der Waals surface area contributed by atoms with E-state index in [1.165, 1.54) is 23.9 Å². The van der Waals surface area contributed by atoms with Gasteiger partial charge in [-0.2, -0.15) is 5.10 Å². The van der Waals surface area contributed by atoms with Gasteiger partial charge in [0.1, 0.15) is 5.82 Å². The molecule has 0 aliphatic carbocycles.